The van der Waals surface area contributed by atoms with Gasteiger partial charge in [-0.25, -0.2) is 0 Å². The molecule has 6 nitrogen and oxygen atoms in total. The molecule has 2 aromatic rings. The first kappa shape index (κ1) is 22.1. The zero-order valence-corrected chi connectivity index (χ0v) is 18.8. The molecule has 31 heavy (non-hydrogen) atoms. The number of hydrogen-bond acceptors (Lipinski definition) is 6. The van der Waals surface area contributed by atoms with E-state index >= 15 is 0 Å². The zero-order chi connectivity index (χ0) is 21.3. The van der Waals surface area contributed by atoms with Gasteiger partial charge in [0.2, 0.25) is 0 Å². The molecule has 0 amide bonds. The van der Waals surface area contributed by atoms with E-state index in [9.17, 15) is 0 Å². The summed E-state index contributed by atoms with van der Waals surface area (Å²) in [5.74, 6) is 1.68. The van der Waals surface area contributed by atoms with Gasteiger partial charge in [0, 0.05) is 72.0 Å². The predicted molar refractivity (Wildman–Crippen MR) is 125 cm³/mol. The van der Waals surface area contributed by atoms with Gasteiger partial charge in [-0.15, -0.1) is 0 Å². The van der Waals surface area contributed by atoms with Crippen molar-refractivity contribution in [1.29, 1.82) is 0 Å². The predicted octanol–water partition coefficient (Wildman–Crippen LogP) is 2.30. The van der Waals surface area contributed by atoms with Crippen LogP contribution in [0.2, 0.25) is 0 Å². The third-order valence-corrected chi connectivity index (χ3v) is 6.22. The van der Waals surface area contributed by atoms with Gasteiger partial charge in [-0.3, -0.25) is 14.7 Å². The zero-order valence-electron chi connectivity index (χ0n) is 18.8. The van der Waals surface area contributed by atoms with E-state index in [2.05, 4.69) is 62.5 Å². The minimum atomic E-state index is 0.687. The molecular formula is C25H36N4O2. The molecule has 0 unspecified atom stereocenters. The molecule has 0 aromatic heterocycles. The Morgan fingerprint density at radius 1 is 0.742 bits per heavy atom. The minimum Gasteiger partial charge on any atom is -0.493 e. The molecule has 0 atom stereocenters. The van der Waals surface area contributed by atoms with E-state index in [0.717, 1.165) is 83.5 Å². The Morgan fingerprint density at radius 2 is 1.42 bits per heavy atom. The molecule has 0 aliphatic carbocycles. The Balaban J connectivity index is 1.22. The van der Waals surface area contributed by atoms with Crippen molar-refractivity contribution in [2.75, 3.05) is 72.6 Å². The minimum absolute atomic E-state index is 0.687. The fraction of sp³-hybridized carbons (Fsp3) is 0.520. The Kier molecular flexibility index (Phi) is 8.18. The average molecular weight is 425 g/mol. The number of piperazine rings is 2. The van der Waals surface area contributed by atoms with Gasteiger partial charge in [-0.05, 0) is 23.3 Å². The van der Waals surface area contributed by atoms with Crippen LogP contribution in [0.15, 0.2) is 48.5 Å². The van der Waals surface area contributed by atoms with Crippen LogP contribution in [0.4, 0.5) is 0 Å². The smallest absolute Gasteiger partial charge is 0.161 e. The number of rotatable bonds is 9. The molecule has 168 valence electrons. The fourth-order valence-corrected chi connectivity index (χ4v) is 4.36. The first-order chi connectivity index (χ1) is 15.3. The van der Waals surface area contributed by atoms with Crippen LogP contribution in [-0.4, -0.2) is 87.3 Å². The number of nitrogens with one attached hydrogen (secondary N) is 1. The molecule has 6 heteroatoms. The molecule has 2 aliphatic rings. The molecule has 2 saturated heterocycles. The van der Waals surface area contributed by atoms with Crippen molar-refractivity contribution in [1.82, 2.24) is 20.0 Å². The molecule has 0 radical (unpaired) electrons. The molecule has 0 saturated carbocycles. The molecule has 2 aromatic carbocycles. The van der Waals surface area contributed by atoms with Crippen molar-refractivity contribution in [2.24, 2.45) is 0 Å². The Bertz CT molecular complexity index is 787. The van der Waals surface area contributed by atoms with Crippen molar-refractivity contribution < 1.29 is 9.47 Å². The average Bonchev–Trinajstić information content (AvgIpc) is 2.82. The number of ether oxygens (including phenoxy) is 2. The fourth-order valence-electron chi connectivity index (χ4n) is 4.36. The van der Waals surface area contributed by atoms with Gasteiger partial charge < -0.3 is 14.8 Å². The summed E-state index contributed by atoms with van der Waals surface area (Å²) in [5.41, 5.74) is 2.68. The summed E-state index contributed by atoms with van der Waals surface area (Å²) in [5, 5.41) is 3.41. The van der Waals surface area contributed by atoms with Crippen LogP contribution in [0.1, 0.15) is 11.1 Å². The third-order valence-electron chi connectivity index (χ3n) is 6.22. The molecule has 2 aliphatic heterocycles. The Hall–Kier alpha value is -2.12. The lowest BCUT2D eigenvalue weighted by Gasteiger charge is -2.34. The van der Waals surface area contributed by atoms with E-state index in [1.165, 1.54) is 11.1 Å². The van der Waals surface area contributed by atoms with Crippen LogP contribution in [0.3, 0.4) is 0 Å². The third kappa shape index (κ3) is 6.68. The van der Waals surface area contributed by atoms with Crippen LogP contribution in [0, 0.1) is 0 Å². The number of hydrogen-bond donors (Lipinski definition) is 1. The summed E-state index contributed by atoms with van der Waals surface area (Å²) in [4.78, 5) is 7.52. The van der Waals surface area contributed by atoms with Gasteiger partial charge in [0.05, 0.1) is 7.11 Å². The van der Waals surface area contributed by atoms with Gasteiger partial charge in [-0.2, -0.15) is 0 Å². The molecule has 0 spiro atoms. The van der Waals surface area contributed by atoms with Gasteiger partial charge in [0.1, 0.15) is 6.61 Å². The van der Waals surface area contributed by atoms with Crippen LogP contribution in [0.5, 0.6) is 11.5 Å². The van der Waals surface area contributed by atoms with Crippen molar-refractivity contribution >= 4 is 0 Å². The first-order valence-electron chi connectivity index (χ1n) is 11.5. The second-order valence-corrected chi connectivity index (χ2v) is 8.46. The van der Waals surface area contributed by atoms with E-state index in [1.54, 1.807) is 7.11 Å². The second-order valence-electron chi connectivity index (χ2n) is 8.46. The second kappa shape index (κ2) is 11.5. The summed E-state index contributed by atoms with van der Waals surface area (Å²) in [6.07, 6.45) is 0. The maximum atomic E-state index is 6.17. The summed E-state index contributed by atoms with van der Waals surface area (Å²) in [6.45, 7) is 12.4. The van der Waals surface area contributed by atoms with Crippen molar-refractivity contribution in [3.8, 4) is 11.5 Å². The molecule has 2 fully saturated rings. The van der Waals surface area contributed by atoms with Gasteiger partial charge in [0.15, 0.2) is 11.5 Å². The highest BCUT2D eigenvalue weighted by Gasteiger charge is 2.17. The van der Waals surface area contributed by atoms with Crippen molar-refractivity contribution in [2.45, 2.75) is 13.1 Å². The maximum absolute atomic E-state index is 6.17. The largest absolute Gasteiger partial charge is 0.493 e. The monoisotopic (exact) mass is 424 g/mol. The van der Waals surface area contributed by atoms with Gasteiger partial charge >= 0.3 is 0 Å². The molecule has 0 bridgehead atoms. The standard InChI is InChI=1S/C25H36N4O2/c1-30-24-8-7-23(21-28-11-9-26-10-12-28)19-25(24)31-18-17-27-13-15-29(16-14-27)20-22-5-3-2-4-6-22/h2-8,19,26H,9-18,20-21H2,1H3. The van der Waals surface area contributed by atoms with Crippen LogP contribution in [0.25, 0.3) is 0 Å². The lowest BCUT2D eigenvalue weighted by atomic mass is 10.1. The quantitative estimate of drug-likeness (QED) is 0.666. The first-order valence-corrected chi connectivity index (χ1v) is 11.5. The summed E-state index contributed by atoms with van der Waals surface area (Å²) < 4.78 is 11.7. The number of benzene rings is 2. The van der Waals surface area contributed by atoms with E-state index in [-0.39, 0.29) is 0 Å². The maximum Gasteiger partial charge on any atom is 0.161 e. The highest BCUT2D eigenvalue weighted by molar-refractivity contribution is 5.43. The lowest BCUT2D eigenvalue weighted by molar-refractivity contribution is 0.112. The SMILES string of the molecule is COc1ccc(CN2CCNCC2)cc1OCCN1CCN(Cc2ccccc2)CC1. The summed E-state index contributed by atoms with van der Waals surface area (Å²) in [6, 6.07) is 17.1. The van der Waals surface area contributed by atoms with Gasteiger partial charge in [-0.1, -0.05) is 36.4 Å². The van der Waals surface area contributed by atoms with Gasteiger partial charge in [0.25, 0.3) is 0 Å². The number of methoxy groups -OCH3 is 1. The van der Waals surface area contributed by atoms with Crippen LogP contribution in [-0.2, 0) is 13.1 Å². The Morgan fingerprint density at radius 3 is 2.16 bits per heavy atom. The van der Waals surface area contributed by atoms with Crippen LogP contribution < -0.4 is 14.8 Å². The molecule has 4 rings (SSSR count). The highest BCUT2D eigenvalue weighted by Crippen LogP contribution is 2.28. The molecule has 2 heterocycles. The molecular weight excluding hydrogens is 388 g/mol. The van der Waals surface area contributed by atoms with E-state index < -0.39 is 0 Å². The van der Waals surface area contributed by atoms with Crippen molar-refractivity contribution in [3.63, 3.8) is 0 Å². The highest BCUT2D eigenvalue weighted by atomic mass is 16.5. The van der Waals surface area contributed by atoms with E-state index in [1.807, 2.05) is 6.07 Å². The summed E-state index contributed by atoms with van der Waals surface area (Å²) in [7, 11) is 1.71. The normalized spacial score (nSPS) is 18.7. The van der Waals surface area contributed by atoms with Crippen LogP contribution >= 0.6 is 0 Å². The van der Waals surface area contributed by atoms with Crippen molar-refractivity contribution in [3.05, 3.63) is 59.7 Å². The topological polar surface area (TPSA) is 40.2 Å². The molecule has 1 N–H and O–H groups in total. The Labute approximate surface area is 186 Å². The lowest BCUT2D eigenvalue weighted by Crippen LogP contribution is -2.47. The van der Waals surface area contributed by atoms with E-state index in [0.29, 0.717) is 6.61 Å². The van der Waals surface area contributed by atoms with E-state index in [4.69, 9.17) is 9.47 Å². The number of nitrogens with zero attached hydrogens (tertiary/aromatic N) is 3. The summed E-state index contributed by atoms with van der Waals surface area (Å²) >= 11 is 0.